The maximum Gasteiger partial charge on any atom is 0.256 e. The first kappa shape index (κ1) is 24.0. The van der Waals surface area contributed by atoms with Crippen molar-refractivity contribution in [2.75, 3.05) is 29.9 Å². The summed E-state index contributed by atoms with van der Waals surface area (Å²) in [4.78, 5) is 29.4. The van der Waals surface area contributed by atoms with Crippen LogP contribution in [-0.2, 0) is 0 Å². The van der Waals surface area contributed by atoms with Crippen LogP contribution in [0.4, 0.5) is 11.5 Å². The molecular weight excluding hydrogens is 472 g/mol. The van der Waals surface area contributed by atoms with E-state index in [1.54, 1.807) is 23.5 Å². The number of rotatable bonds is 7. The minimum Gasteiger partial charge on any atom is -0.369 e. The van der Waals surface area contributed by atoms with Gasteiger partial charge >= 0.3 is 0 Å². The predicted molar refractivity (Wildman–Crippen MR) is 145 cm³/mol. The molecule has 1 unspecified atom stereocenters. The molecule has 0 aliphatic carbocycles. The van der Waals surface area contributed by atoms with E-state index < -0.39 is 0 Å². The number of aromatic amines is 1. The summed E-state index contributed by atoms with van der Waals surface area (Å²) in [6, 6.07) is 17.4. The minimum absolute atomic E-state index is 0.0379. The molecule has 0 spiro atoms. The number of amides is 2. The number of carbonyl (C=O) groups is 2. The molecule has 186 valence electrons. The maximum absolute atomic E-state index is 13.0. The van der Waals surface area contributed by atoms with E-state index in [0.29, 0.717) is 28.4 Å². The minimum atomic E-state index is -0.248. The summed E-state index contributed by atoms with van der Waals surface area (Å²) in [5.74, 6) is -0.00868. The second-order valence-electron chi connectivity index (χ2n) is 9.08. The summed E-state index contributed by atoms with van der Waals surface area (Å²) >= 11 is 1.63. The molecule has 9 heteroatoms. The number of anilines is 2. The number of aromatic nitrogens is 2. The van der Waals surface area contributed by atoms with Gasteiger partial charge in [-0.05, 0) is 67.3 Å². The van der Waals surface area contributed by atoms with Gasteiger partial charge in [0, 0.05) is 52.8 Å². The summed E-state index contributed by atoms with van der Waals surface area (Å²) < 4.78 is 0. The Morgan fingerprint density at radius 1 is 1.14 bits per heavy atom. The molecule has 4 aromatic rings. The fourth-order valence-electron chi connectivity index (χ4n) is 4.53. The molecular formula is C27H30N6O2S. The Hall–Kier alpha value is -3.69. The molecule has 2 atom stereocenters. The third-order valence-electron chi connectivity index (χ3n) is 6.52. The van der Waals surface area contributed by atoms with Gasteiger partial charge in [-0.1, -0.05) is 13.0 Å². The van der Waals surface area contributed by atoms with Crippen molar-refractivity contribution in [1.29, 1.82) is 0 Å². The lowest BCUT2D eigenvalue weighted by atomic mass is 10.1. The van der Waals surface area contributed by atoms with Crippen LogP contribution in [0.3, 0.4) is 0 Å². The van der Waals surface area contributed by atoms with Gasteiger partial charge in [-0.15, -0.1) is 11.3 Å². The van der Waals surface area contributed by atoms with Crippen molar-refractivity contribution in [2.45, 2.75) is 32.4 Å². The monoisotopic (exact) mass is 502 g/mol. The Bertz CT molecular complexity index is 1350. The van der Waals surface area contributed by atoms with E-state index in [4.69, 9.17) is 0 Å². The second kappa shape index (κ2) is 10.5. The highest BCUT2D eigenvalue weighted by Crippen LogP contribution is 2.25. The highest BCUT2D eigenvalue weighted by atomic mass is 32.1. The number of nitrogens with zero attached hydrogens (tertiary/aromatic N) is 2. The second-order valence-corrected chi connectivity index (χ2v) is 10.1. The van der Waals surface area contributed by atoms with E-state index in [2.05, 4.69) is 38.0 Å². The van der Waals surface area contributed by atoms with E-state index in [1.165, 1.54) is 0 Å². The fourth-order valence-corrected chi connectivity index (χ4v) is 5.39. The van der Waals surface area contributed by atoms with E-state index >= 15 is 0 Å². The van der Waals surface area contributed by atoms with Crippen LogP contribution in [0.5, 0.6) is 0 Å². The summed E-state index contributed by atoms with van der Waals surface area (Å²) in [7, 11) is 0. The largest absolute Gasteiger partial charge is 0.369 e. The number of H-pyrrole nitrogens is 1. The first-order valence-electron chi connectivity index (χ1n) is 12.2. The molecule has 3 heterocycles. The van der Waals surface area contributed by atoms with Crippen molar-refractivity contribution in [3.63, 3.8) is 0 Å². The van der Waals surface area contributed by atoms with E-state index in [-0.39, 0.29) is 17.9 Å². The smallest absolute Gasteiger partial charge is 0.256 e. The van der Waals surface area contributed by atoms with E-state index in [0.717, 1.165) is 42.1 Å². The maximum atomic E-state index is 13.0. The first-order chi connectivity index (χ1) is 17.5. The first-order valence-corrected chi connectivity index (χ1v) is 13.1. The predicted octanol–water partition coefficient (Wildman–Crippen LogP) is 4.56. The van der Waals surface area contributed by atoms with Gasteiger partial charge in [-0.25, -0.2) is 0 Å². The molecule has 2 aromatic heterocycles. The van der Waals surface area contributed by atoms with Gasteiger partial charge in [0.25, 0.3) is 11.8 Å². The molecule has 0 saturated carbocycles. The number of fused-ring (bicyclic) bond motifs is 1. The van der Waals surface area contributed by atoms with Crippen LogP contribution in [0.15, 0.2) is 60.0 Å². The molecule has 0 bridgehead atoms. The van der Waals surface area contributed by atoms with Gasteiger partial charge in [0.05, 0.1) is 11.6 Å². The standard InChI is InChI=1S/C27H30N6O2S/c1-3-22(24-5-4-14-36-24)29-27(35)19-8-11-23-21(15-19)25(32-31-23)30-26(34)18-6-9-20(10-7-18)33-13-12-28-17(2)16-33/h4-11,14-15,17,22,28H,3,12-13,16H2,1-2H3,(H,29,35)(H2,30,31,32,34)/t17-,22?/m1/s1. The molecule has 2 amide bonds. The molecule has 8 nitrogen and oxygen atoms in total. The normalized spacial score (nSPS) is 16.6. The molecule has 1 aliphatic heterocycles. The summed E-state index contributed by atoms with van der Waals surface area (Å²) in [6.07, 6.45) is 0.800. The lowest BCUT2D eigenvalue weighted by Crippen LogP contribution is -2.49. The SMILES string of the molecule is CCC(NC(=O)c1ccc2[nH]nc(NC(=O)c3ccc(N4CCN[C@H](C)C4)cc3)c2c1)c1cccs1. The van der Waals surface area contributed by atoms with E-state index in [1.807, 2.05) is 54.8 Å². The Kier molecular flexibility index (Phi) is 7.02. The zero-order chi connectivity index (χ0) is 25.1. The Balaban J connectivity index is 1.29. The number of hydrogen-bond acceptors (Lipinski definition) is 6. The topological polar surface area (TPSA) is 102 Å². The molecule has 1 aliphatic rings. The van der Waals surface area contributed by atoms with Gasteiger partial charge < -0.3 is 20.9 Å². The van der Waals surface area contributed by atoms with Gasteiger partial charge in [0.2, 0.25) is 0 Å². The van der Waals surface area contributed by atoms with Gasteiger partial charge in [0.1, 0.15) is 0 Å². The molecule has 4 N–H and O–H groups in total. The van der Waals surface area contributed by atoms with Crippen LogP contribution < -0.4 is 20.9 Å². The van der Waals surface area contributed by atoms with Crippen LogP contribution in [0.1, 0.15) is 51.9 Å². The number of thiophene rings is 1. The van der Waals surface area contributed by atoms with Crippen molar-refractivity contribution in [1.82, 2.24) is 20.8 Å². The zero-order valence-electron chi connectivity index (χ0n) is 20.4. The Morgan fingerprint density at radius 3 is 2.67 bits per heavy atom. The van der Waals surface area contributed by atoms with Crippen molar-refractivity contribution in [2.24, 2.45) is 0 Å². The average molecular weight is 503 g/mol. The highest BCUT2D eigenvalue weighted by molar-refractivity contribution is 7.10. The van der Waals surface area contributed by atoms with Crippen LogP contribution in [0, 0.1) is 0 Å². The number of piperazine rings is 1. The number of benzene rings is 2. The third-order valence-corrected chi connectivity index (χ3v) is 7.51. The van der Waals surface area contributed by atoms with Gasteiger partial charge in [-0.2, -0.15) is 5.10 Å². The third kappa shape index (κ3) is 5.12. The fraction of sp³-hybridized carbons (Fsp3) is 0.296. The lowest BCUT2D eigenvalue weighted by molar-refractivity contribution is 0.0935. The molecule has 1 saturated heterocycles. The summed E-state index contributed by atoms with van der Waals surface area (Å²) in [5.41, 5.74) is 2.92. The van der Waals surface area contributed by atoms with Crippen molar-refractivity contribution >= 4 is 45.6 Å². The summed E-state index contributed by atoms with van der Waals surface area (Å²) in [6.45, 7) is 7.05. The number of hydrogen-bond donors (Lipinski definition) is 4. The van der Waals surface area contributed by atoms with Crippen molar-refractivity contribution in [3.05, 3.63) is 76.0 Å². The Labute approximate surface area is 214 Å². The number of nitrogens with one attached hydrogen (secondary N) is 4. The molecule has 1 fully saturated rings. The average Bonchev–Trinajstić information content (AvgIpc) is 3.57. The molecule has 5 rings (SSSR count). The molecule has 36 heavy (non-hydrogen) atoms. The van der Waals surface area contributed by atoms with Crippen LogP contribution >= 0.6 is 11.3 Å². The highest BCUT2D eigenvalue weighted by Gasteiger charge is 2.19. The molecule has 0 radical (unpaired) electrons. The van der Waals surface area contributed by atoms with Crippen LogP contribution in [-0.4, -0.2) is 47.7 Å². The van der Waals surface area contributed by atoms with Crippen molar-refractivity contribution in [3.8, 4) is 0 Å². The lowest BCUT2D eigenvalue weighted by Gasteiger charge is -2.33. The quantitative estimate of drug-likeness (QED) is 0.297. The van der Waals surface area contributed by atoms with Crippen molar-refractivity contribution < 1.29 is 9.59 Å². The summed E-state index contributed by atoms with van der Waals surface area (Å²) in [5, 5.41) is 19.3. The van der Waals surface area contributed by atoms with Crippen LogP contribution in [0.25, 0.3) is 10.9 Å². The number of carbonyl (C=O) groups excluding carboxylic acids is 2. The van der Waals surface area contributed by atoms with Gasteiger partial charge in [0.15, 0.2) is 5.82 Å². The van der Waals surface area contributed by atoms with Crippen LogP contribution in [0.2, 0.25) is 0 Å². The Morgan fingerprint density at radius 2 is 1.94 bits per heavy atom. The molecule has 2 aromatic carbocycles. The van der Waals surface area contributed by atoms with Gasteiger partial charge in [-0.3, -0.25) is 14.7 Å². The van der Waals surface area contributed by atoms with E-state index in [9.17, 15) is 9.59 Å². The zero-order valence-corrected chi connectivity index (χ0v) is 21.2.